The Hall–Kier alpha value is -3.60. The molecule has 5 nitrogen and oxygen atoms in total. The van der Waals surface area contributed by atoms with Gasteiger partial charge in [-0.2, -0.15) is 0 Å². The molecule has 0 fully saturated rings. The van der Waals surface area contributed by atoms with Crippen LogP contribution < -0.4 is 10.5 Å². The van der Waals surface area contributed by atoms with Crippen LogP contribution in [0.4, 0.5) is 5.82 Å². The van der Waals surface area contributed by atoms with Crippen molar-refractivity contribution < 1.29 is 4.74 Å². The Balaban J connectivity index is 1.71. The molecule has 4 aromatic rings. The number of nitrogens with zero attached hydrogens (tertiary/aromatic N) is 3. The smallest absolute Gasteiger partial charge is 0.150 e. The molecule has 0 unspecified atom stereocenters. The van der Waals surface area contributed by atoms with E-state index >= 15 is 0 Å². The van der Waals surface area contributed by atoms with E-state index in [4.69, 9.17) is 15.5 Å². The maximum absolute atomic E-state index is 6.23. The highest BCUT2D eigenvalue weighted by molar-refractivity contribution is 5.85. The molecule has 0 radical (unpaired) electrons. The number of rotatable bonds is 6. The van der Waals surface area contributed by atoms with Gasteiger partial charge in [0.2, 0.25) is 0 Å². The summed E-state index contributed by atoms with van der Waals surface area (Å²) < 4.78 is 8.02. The molecule has 0 saturated heterocycles. The van der Waals surface area contributed by atoms with Gasteiger partial charge in [-0.05, 0) is 31.5 Å². The van der Waals surface area contributed by atoms with E-state index in [0.717, 1.165) is 40.3 Å². The number of allylic oxidation sites excluding steroid dienone is 2. The molecule has 0 atom stereocenters. The molecule has 0 aliphatic carbocycles. The molecule has 0 amide bonds. The van der Waals surface area contributed by atoms with Gasteiger partial charge in [0.05, 0.1) is 0 Å². The van der Waals surface area contributed by atoms with Crippen LogP contribution in [-0.4, -0.2) is 14.4 Å². The van der Waals surface area contributed by atoms with Crippen molar-refractivity contribution in [1.29, 1.82) is 0 Å². The van der Waals surface area contributed by atoms with Crippen LogP contribution in [0.25, 0.3) is 16.8 Å². The molecule has 4 rings (SSSR count). The van der Waals surface area contributed by atoms with Crippen molar-refractivity contribution in [1.82, 2.24) is 14.4 Å². The second-order valence-electron chi connectivity index (χ2n) is 7.02. The van der Waals surface area contributed by atoms with Gasteiger partial charge in [-0.15, -0.1) is 0 Å². The second-order valence-corrected chi connectivity index (χ2v) is 7.02. The number of hydrogen-bond donors (Lipinski definition) is 1. The molecule has 0 aliphatic rings. The maximum atomic E-state index is 6.23. The van der Waals surface area contributed by atoms with Crippen molar-refractivity contribution in [3.8, 4) is 17.0 Å². The fourth-order valence-corrected chi connectivity index (χ4v) is 3.28. The number of aromatic nitrogens is 3. The molecule has 2 heterocycles. The number of imidazole rings is 1. The van der Waals surface area contributed by atoms with E-state index in [0.29, 0.717) is 12.4 Å². The predicted octanol–water partition coefficient (Wildman–Crippen LogP) is 5.07. The van der Waals surface area contributed by atoms with Crippen molar-refractivity contribution >= 4 is 11.3 Å². The molecule has 0 spiro atoms. The van der Waals surface area contributed by atoms with Crippen LogP contribution in [0.2, 0.25) is 0 Å². The van der Waals surface area contributed by atoms with E-state index in [1.807, 2.05) is 60.0 Å². The molecular formula is C24H24N4O. The number of nitrogens with two attached hydrogens (primary N) is 1. The van der Waals surface area contributed by atoms with Gasteiger partial charge in [-0.3, -0.25) is 4.40 Å². The van der Waals surface area contributed by atoms with E-state index in [-0.39, 0.29) is 0 Å². The van der Waals surface area contributed by atoms with Crippen LogP contribution >= 0.6 is 0 Å². The standard InChI is InChI=1S/C24H24N4O/c1-3-17(2)14-21-27-22(23-24(25)26-12-13-28(21)23)19-10-7-11-20(15-19)29-16-18-8-5-4-6-9-18/h3-13,15H,14,16H2,1-2H3,(H2,25,26)/b17-3+. The van der Waals surface area contributed by atoms with Crippen LogP contribution in [0.15, 0.2) is 78.6 Å². The van der Waals surface area contributed by atoms with Crippen molar-refractivity contribution in [2.75, 3.05) is 5.73 Å². The predicted molar refractivity (Wildman–Crippen MR) is 117 cm³/mol. The average Bonchev–Trinajstić information content (AvgIpc) is 3.13. The summed E-state index contributed by atoms with van der Waals surface area (Å²) in [6.45, 7) is 4.66. The summed E-state index contributed by atoms with van der Waals surface area (Å²) in [7, 11) is 0. The highest BCUT2D eigenvalue weighted by Crippen LogP contribution is 2.31. The zero-order valence-electron chi connectivity index (χ0n) is 16.7. The lowest BCUT2D eigenvalue weighted by molar-refractivity contribution is 0.306. The highest BCUT2D eigenvalue weighted by atomic mass is 16.5. The average molecular weight is 384 g/mol. The van der Waals surface area contributed by atoms with Gasteiger partial charge in [0.1, 0.15) is 35.2 Å². The normalized spacial score (nSPS) is 11.7. The Labute approximate surface area is 170 Å². The molecule has 146 valence electrons. The molecule has 2 aromatic carbocycles. The first-order chi connectivity index (χ1) is 14.2. The molecule has 29 heavy (non-hydrogen) atoms. The van der Waals surface area contributed by atoms with Crippen LogP contribution in [0.5, 0.6) is 5.75 Å². The van der Waals surface area contributed by atoms with Gasteiger partial charge in [-0.25, -0.2) is 9.97 Å². The van der Waals surface area contributed by atoms with Gasteiger partial charge in [0.15, 0.2) is 0 Å². The molecule has 2 aromatic heterocycles. The number of anilines is 1. The van der Waals surface area contributed by atoms with Crippen LogP contribution in [0, 0.1) is 0 Å². The molecule has 0 saturated carbocycles. The molecular weight excluding hydrogens is 360 g/mol. The minimum Gasteiger partial charge on any atom is -0.489 e. The number of hydrogen-bond acceptors (Lipinski definition) is 4. The number of fused-ring (bicyclic) bond motifs is 1. The quantitative estimate of drug-likeness (QED) is 0.472. The van der Waals surface area contributed by atoms with Crippen molar-refractivity contribution in [3.05, 3.63) is 90.0 Å². The number of nitrogen functional groups attached to an aromatic ring is 1. The zero-order chi connectivity index (χ0) is 20.2. The Morgan fingerprint density at radius 1 is 1.14 bits per heavy atom. The third-order valence-electron chi connectivity index (χ3n) is 4.94. The Kier molecular flexibility index (Phi) is 5.29. The molecule has 5 heteroatoms. The summed E-state index contributed by atoms with van der Waals surface area (Å²) in [5, 5.41) is 0. The lowest BCUT2D eigenvalue weighted by Gasteiger charge is -2.08. The summed E-state index contributed by atoms with van der Waals surface area (Å²) in [6.07, 6.45) is 6.48. The van der Waals surface area contributed by atoms with Gasteiger partial charge in [0.25, 0.3) is 0 Å². The Morgan fingerprint density at radius 2 is 1.97 bits per heavy atom. The first-order valence-electron chi connectivity index (χ1n) is 9.66. The van der Waals surface area contributed by atoms with Crippen LogP contribution in [-0.2, 0) is 13.0 Å². The molecule has 0 bridgehead atoms. The fraction of sp³-hybridized carbons (Fsp3) is 0.167. The summed E-state index contributed by atoms with van der Waals surface area (Å²) >= 11 is 0. The van der Waals surface area contributed by atoms with E-state index in [1.165, 1.54) is 5.57 Å². The van der Waals surface area contributed by atoms with Gasteiger partial charge in [0, 0.05) is 24.4 Å². The van der Waals surface area contributed by atoms with E-state index in [2.05, 4.69) is 30.1 Å². The largest absolute Gasteiger partial charge is 0.489 e. The van der Waals surface area contributed by atoms with Crippen molar-refractivity contribution in [3.63, 3.8) is 0 Å². The summed E-state index contributed by atoms with van der Waals surface area (Å²) in [5.41, 5.74) is 11.2. The van der Waals surface area contributed by atoms with Crippen LogP contribution in [0.1, 0.15) is 25.2 Å². The van der Waals surface area contributed by atoms with Gasteiger partial charge >= 0.3 is 0 Å². The Bertz CT molecular complexity index is 1160. The minimum atomic E-state index is 0.468. The van der Waals surface area contributed by atoms with Gasteiger partial charge in [-0.1, -0.05) is 54.1 Å². The first kappa shape index (κ1) is 18.7. The van der Waals surface area contributed by atoms with E-state index in [1.54, 1.807) is 6.20 Å². The molecule has 2 N–H and O–H groups in total. The summed E-state index contributed by atoms with van der Waals surface area (Å²) in [5.74, 6) is 2.20. The second kappa shape index (κ2) is 8.19. The summed E-state index contributed by atoms with van der Waals surface area (Å²) in [4.78, 5) is 9.19. The lowest BCUT2D eigenvalue weighted by Crippen LogP contribution is -1.99. The topological polar surface area (TPSA) is 65.4 Å². The Morgan fingerprint density at radius 3 is 2.76 bits per heavy atom. The zero-order valence-corrected chi connectivity index (χ0v) is 16.7. The third kappa shape index (κ3) is 3.99. The molecule has 0 aliphatic heterocycles. The minimum absolute atomic E-state index is 0.468. The highest BCUT2D eigenvalue weighted by Gasteiger charge is 2.16. The van der Waals surface area contributed by atoms with Gasteiger partial charge < -0.3 is 10.5 Å². The first-order valence-corrected chi connectivity index (χ1v) is 9.66. The third-order valence-corrected chi connectivity index (χ3v) is 4.94. The monoisotopic (exact) mass is 384 g/mol. The summed E-state index contributed by atoms with van der Waals surface area (Å²) in [6, 6.07) is 18.1. The van der Waals surface area contributed by atoms with Crippen molar-refractivity contribution in [2.45, 2.75) is 26.9 Å². The fourth-order valence-electron chi connectivity index (χ4n) is 3.28. The van der Waals surface area contributed by atoms with E-state index in [9.17, 15) is 0 Å². The van der Waals surface area contributed by atoms with E-state index < -0.39 is 0 Å². The van der Waals surface area contributed by atoms with Crippen molar-refractivity contribution in [2.24, 2.45) is 0 Å². The lowest BCUT2D eigenvalue weighted by atomic mass is 10.1. The van der Waals surface area contributed by atoms with Crippen LogP contribution in [0.3, 0.4) is 0 Å². The number of benzene rings is 2. The number of ether oxygens (including phenoxy) is 1. The maximum Gasteiger partial charge on any atom is 0.150 e. The SMILES string of the molecule is C/C=C(\C)Cc1nc(-c2cccc(OCc3ccccc3)c2)c2c(N)nccn12.